The van der Waals surface area contributed by atoms with Crippen molar-refractivity contribution in [2.75, 3.05) is 5.38 Å². The summed E-state index contributed by atoms with van der Waals surface area (Å²) >= 11 is 4.42. The fraction of sp³-hybridized carbons (Fsp3) is 0.400. The Balaban J connectivity index is 4.35. The predicted octanol–water partition coefficient (Wildman–Crippen LogP) is 3.46. The average molecular weight is 198 g/mol. The lowest BCUT2D eigenvalue weighted by atomic mass is 10.7. The first-order valence-electron chi connectivity index (χ1n) is 4.18. The van der Waals surface area contributed by atoms with Gasteiger partial charge in [-0.2, -0.15) is 12.6 Å². The Hall–Kier alpha value is -0.213. The van der Waals surface area contributed by atoms with E-state index in [2.05, 4.69) is 32.4 Å². The van der Waals surface area contributed by atoms with E-state index in [1.165, 1.54) is 0 Å². The molecule has 68 valence electrons. The van der Waals surface area contributed by atoms with Crippen LogP contribution in [0.4, 0.5) is 0 Å². The molecule has 2 heteroatoms. The van der Waals surface area contributed by atoms with Gasteiger partial charge >= 0.3 is 0 Å². The minimum absolute atomic E-state index is 0.997. The molecular weight excluding hydrogens is 180 g/mol. The van der Waals surface area contributed by atoms with Crippen LogP contribution in [-0.4, -0.2) is 13.5 Å². The number of hydrogen-bond acceptors (Lipinski definition) is 1. The molecule has 0 rings (SSSR count). The van der Waals surface area contributed by atoms with E-state index < -0.39 is 8.07 Å². The third-order valence-electron chi connectivity index (χ3n) is 2.07. The summed E-state index contributed by atoms with van der Waals surface area (Å²) in [6, 6.07) is 3.36. The van der Waals surface area contributed by atoms with Crippen LogP contribution >= 0.6 is 12.6 Å². The van der Waals surface area contributed by atoms with Crippen molar-refractivity contribution in [1.29, 1.82) is 0 Å². The van der Waals surface area contributed by atoms with Gasteiger partial charge in [0.25, 0.3) is 0 Å². The van der Waals surface area contributed by atoms with Gasteiger partial charge in [-0.3, -0.25) is 0 Å². The highest BCUT2D eigenvalue weighted by atomic mass is 32.1. The number of hydrogen-bond donors (Lipinski definition) is 1. The van der Waals surface area contributed by atoms with Crippen LogP contribution in [0.25, 0.3) is 0 Å². The monoisotopic (exact) mass is 198 g/mol. The second-order valence-corrected chi connectivity index (χ2v) is 8.63. The van der Waals surface area contributed by atoms with Gasteiger partial charge in [-0.1, -0.05) is 18.2 Å². The van der Waals surface area contributed by atoms with Crippen molar-refractivity contribution < 1.29 is 0 Å². The Morgan fingerprint density at radius 1 is 0.917 bits per heavy atom. The summed E-state index contributed by atoms with van der Waals surface area (Å²) in [5.74, 6) is 0. The summed E-state index contributed by atoms with van der Waals surface area (Å²) in [7, 11) is -1.26. The van der Waals surface area contributed by atoms with Crippen molar-refractivity contribution in [2.24, 2.45) is 0 Å². The van der Waals surface area contributed by atoms with Crippen LogP contribution in [0.3, 0.4) is 0 Å². The Morgan fingerprint density at radius 3 is 1.42 bits per heavy atom. The molecule has 0 radical (unpaired) electrons. The van der Waals surface area contributed by atoms with Crippen molar-refractivity contribution in [3.8, 4) is 0 Å². The minimum atomic E-state index is -1.26. The Bertz CT molecular complexity index is 137. The third kappa shape index (κ3) is 3.46. The van der Waals surface area contributed by atoms with E-state index in [-0.39, 0.29) is 0 Å². The first kappa shape index (κ1) is 11.8. The molecule has 0 spiro atoms. The van der Waals surface area contributed by atoms with Crippen molar-refractivity contribution in [1.82, 2.24) is 0 Å². The molecular formula is C10H18SSi. The minimum Gasteiger partial charge on any atom is -0.182 e. The first-order chi connectivity index (χ1) is 5.74. The predicted molar refractivity (Wildman–Crippen MR) is 64.6 cm³/mol. The zero-order chi connectivity index (χ0) is 9.45. The molecule has 0 aromatic rings. The maximum atomic E-state index is 4.42. The largest absolute Gasteiger partial charge is 0.182 e. The quantitative estimate of drug-likeness (QED) is 0.361. The van der Waals surface area contributed by atoms with Crippen molar-refractivity contribution in [2.45, 2.75) is 18.1 Å². The molecule has 0 aromatic heterocycles. The smallest absolute Gasteiger partial charge is 0.0746 e. The second kappa shape index (κ2) is 6.32. The molecule has 0 atom stereocenters. The van der Waals surface area contributed by atoms with Crippen molar-refractivity contribution >= 4 is 20.7 Å². The van der Waals surface area contributed by atoms with Crippen molar-refractivity contribution in [3.63, 3.8) is 0 Å². The summed E-state index contributed by atoms with van der Waals surface area (Å²) < 4.78 is 0. The van der Waals surface area contributed by atoms with Gasteiger partial charge < -0.3 is 0 Å². The molecule has 0 saturated heterocycles. The van der Waals surface area contributed by atoms with Crippen LogP contribution in [0.1, 0.15) is 0 Å². The molecule has 0 nitrogen and oxygen atoms in total. The van der Waals surface area contributed by atoms with E-state index in [1.807, 2.05) is 18.2 Å². The van der Waals surface area contributed by atoms with Gasteiger partial charge in [0.2, 0.25) is 0 Å². The summed E-state index contributed by atoms with van der Waals surface area (Å²) in [5, 5.41) is 0.997. The fourth-order valence-electron chi connectivity index (χ4n) is 1.36. The molecule has 0 N–H and O–H groups in total. The average Bonchev–Trinajstić information content (AvgIpc) is 2.06. The lowest BCUT2D eigenvalue weighted by molar-refractivity contribution is 1.35. The van der Waals surface area contributed by atoms with E-state index in [9.17, 15) is 0 Å². The number of rotatable bonds is 7. The lowest BCUT2D eigenvalue weighted by Crippen LogP contribution is -2.34. The standard InChI is InChI=1S/C10H18SSi/c1-4-7-12(10-11,8-5-2)9-6-3/h4-6,11H,1-3,7-10H2. The normalized spacial score (nSPS) is 10.8. The molecule has 0 heterocycles. The number of thiol groups is 1. The molecule has 0 fully saturated rings. The highest BCUT2D eigenvalue weighted by Gasteiger charge is 2.26. The van der Waals surface area contributed by atoms with Crippen LogP contribution in [0.5, 0.6) is 0 Å². The van der Waals surface area contributed by atoms with E-state index in [0.717, 1.165) is 23.5 Å². The third-order valence-corrected chi connectivity index (χ3v) is 8.21. The highest BCUT2D eigenvalue weighted by Crippen LogP contribution is 2.23. The van der Waals surface area contributed by atoms with Gasteiger partial charge in [-0.15, -0.1) is 19.7 Å². The van der Waals surface area contributed by atoms with Gasteiger partial charge in [0, 0.05) is 0 Å². The van der Waals surface area contributed by atoms with E-state index in [4.69, 9.17) is 0 Å². The summed E-state index contributed by atoms with van der Waals surface area (Å²) in [6.45, 7) is 11.4. The topological polar surface area (TPSA) is 0 Å². The molecule has 12 heavy (non-hydrogen) atoms. The lowest BCUT2D eigenvalue weighted by Gasteiger charge is -2.26. The molecule has 0 amide bonds. The fourth-order valence-corrected chi connectivity index (χ4v) is 5.25. The Morgan fingerprint density at radius 2 is 1.25 bits per heavy atom. The molecule has 0 aromatic carbocycles. The Labute approximate surface area is 82.5 Å². The molecule has 0 aliphatic heterocycles. The van der Waals surface area contributed by atoms with E-state index >= 15 is 0 Å². The van der Waals surface area contributed by atoms with Gasteiger partial charge in [0.05, 0.1) is 8.07 Å². The zero-order valence-corrected chi connectivity index (χ0v) is 9.52. The zero-order valence-electron chi connectivity index (χ0n) is 7.63. The maximum absolute atomic E-state index is 4.42. The van der Waals surface area contributed by atoms with Crippen LogP contribution in [0, 0.1) is 0 Å². The van der Waals surface area contributed by atoms with Gasteiger partial charge in [-0.25, -0.2) is 0 Å². The van der Waals surface area contributed by atoms with Crippen LogP contribution in [0.15, 0.2) is 38.0 Å². The van der Waals surface area contributed by atoms with Crippen LogP contribution in [-0.2, 0) is 0 Å². The van der Waals surface area contributed by atoms with Gasteiger partial charge in [0.1, 0.15) is 0 Å². The second-order valence-electron chi connectivity index (χ2n) is 3.14. The highest BCUT2D eigenvalue weighted by molar-refractivity contribution is 7.82. The summed E-state index contributed by atoms with van der Waals surface area (Å²) in [6.07, 6.45) is 6.03. The molecule has 0 saturated carbocycles. The Kier molecular flexibility index (Phi) is 6.21. The van der Waals surface area contributed by atoms with E-state index in [1.54, 1.807) is 0 Å². The SMILES string of the molecule is C=CC[Si](CS)(CC=C)CC=C. The molecule has 0 bridgehead atoms. The van der Waals surface area contributed by atoms with Crippen molar-refractivity contribution in [3.05, 3.63) is 38.0 Å². The summed E-state index contributed by atoms with van der Waals surface area (Å²) in [5.41, 5.74) is 0. The molecule has 0 aliphatic carbocycles. The van der Waals surface area contributed by atoms with Gasteiger partial charge in [0.15, 0.2) is 0 Å². The van der Waals surface area contributed by atoms with Crippen LogP contribution < -0.4 is 0 Å². The van der Waals surface area contributed by atoms with E-state index in [0.29, 0.717) is 0 Å². The molecule has 0 aliphatic rings. The number of allylic oxidation sites excluding steroid dienone is 3. The van der Waals surface area contributed by atoms with Gasteiger partial charge in [-0.05, 0) is 23.5 Å². The first-order valence-corrected chi connectivity index (χ1v) is 7.64. The van der Waals surface area contributed by atoms with Crippen LogP contribution in [0.2, 0.25) is 18.1 Å². The summed E-state index contributed by atoms with van der Waals surface area (Å²) in [4.78, 5) is 0. The molecule has 0 unspecified atom stereocenters. The maximum Gasteiger partial charge on any atom is 0.0746 e.